The summed E-state index contributed by atoms with van der Waals surface area (Å²) in [6, 6.07) is 10.9. The Morgan fingerprint density at radius 3 is 2.43 bits per heavy atom. The number of benzene rings is 1. The fraction of sp³-hybridized carbons (Fsp3) is 0.571. The molecule has 14 heavy (non-hydrogen) atoms. The second-order valence-corrected chi connectivity index (χ2v) is 4.70. The molecular weight excluding hydrogens is 168 g/mol. The van der Waals surface area contributed by atoms with E-state index in [4.69, 9.17) is 0 Å². The van der Waals surface area contributed by atoms with Crippen LogP contribution >= 0.6 is 0 Å². The van der Waals surface area contributed by atoms with Crippen molar-refractivity contribution in [1.82, 2.24) is 0 Å². The topological polar surface area (TPSA) is 0 Å². The summed E-state index contributed by atoms with van der Waals surface area (Å²) in [5.74, 6) is 1.75. The summed E-state index contributed by atoms with van der Waals surface area (Å²) in [5, 5.41) is 0. The highest BCUT2D eigenvalue weighted by Gasteiger charge is 2.18. The summed E-state index contributed by atoms with van der Waals surface area (Å²) < 4.78 is 0. The molecule has 0 bridgehead atoms. The maximum Gasteiger partial charge on any atom is -0.0188 e. The molecule has 1 fully saturated rings. The molecule has 0 N–H and O–H groups in total. The average molecular weight is 188 g/mol. The van der Waals surface area contributed by atoms with Crippen molar-refractivity contribution in [1.29, 1.82) is 0 Å². The molecule has 0 nitrogen and oxygen atoms in total. The Labute approximate surface area is 87.3 Å². The standard InChI is InChI=1S/C14H20/c1-12(11-13-7-5-6-8-13)14-9-3-2-4-10-14/h2-4,9-10,12-13H,5-8,11H2,1H3. The van der Waals surface area contributed by atoms with Crippen LogP contribution in [0, 0.1) is 5.92 Å². The molecule has 76 valence electrons. The van der Waals surface area contributed by atoms with Crippen LogP contribution in [0.3, 0.4) is 0 Å². The minimum Gasteiger partial charge on any atom is -0.0622 e. The second kappa shape index (κ2) is 4.63. The quantitative estimate of drug-likeness (QED) is 0.660. The molecule has 0 aromatic heterocycles. The van der Waals surface area contributed by atoms with Crippen LogP contribution in [0.1, 0.15) is 50.5 Å². The zero-order valence-electron chi connectivity index (χ0n) is 9.08. The Morgan fingerprint density at radius 2 is 1.79 bits per heavy atom. The van der Waals surface area contributed by atoms with Gasteiger partial charge in [-0.15, -0.1) is 0 Å². The lowest BCUT2D eigenvalue weighted by molar-refractivity contribution is 0.460. The van der Waals surface area contributed by atoms with E-state index in [1.54, 1.807) is 0 Å². The Morgan fingerprint density at radius 1 is 1.14 bits per heavy atom. The third-order valence-electron chi connectivity index (χ3n) is 3.53. The minimum atomic E-state index is 0.749. The van der Waals surface area contributed by atoms with Crippen LogP contribution in [0.4, 0.5) is 0 Å². The van der Waals surface area contributed by atoms with Gasteiger partial charge >= 0.3 is 0 Å². The van der Waals surface area contributed by atoms with E-state index in [1.807, 2.05) is 0 Å². The maximum atomic E-state index is 2.37. The summed E-state index contributed by atoms with van der Waals surface area (Å²) in [6.07, 6.45) is 7.26. The molecule has 0 radical (unpaired) electrons. The van der Waals surface area contributed by atoms with Crippen molar-refractivity contribution in [2.24, 2.45) is 5.92 Å². The molecule has 1 aromatic rings. The lowest BCUT2D eigenvalue weighted by atomic mass is 9.89. The molecule has 1 aliphatic carbocycles. The molecule has 2 rings (SSSR count). The van der Waals surface area contributed by atoms with E-state index in [9.17, 15) is 0 Å². The lowest BCUT2D eigenvalue weighted by Gasteiger charge is -2.16. The van der Waals surface area contributed by atoms with Gasteiger partial charge in [-0.1, -0.05) is 62.9 Å². The van der Waals surface area contributed by atoms with Crippen LogP contribution in [0.25, 0.3) is 0 Å². The molecule has 0 aliphatic heterocycles. The van der Waals surface area contributed by atoms with Gasteiger partial charge in [0.15, 0.2) is 0 Å². The second-order valence-electron chi connectivity index (χ2n) is 4.70. The monoisotopic (exact) mass is 188 g/mol. The summed E-state index contributed by atoms with van der Waals surface area (Å²) >= 11 is 0. The first-order chi connectivity index (χ1) is 6.86. The van der Waals surface area contributed by atoms with E-state index < -0.39 is 0 Å². The highest BCUT2D eigenvalue weighted by Crippen LogP contribution is 2.33. The van der Waals surface area contributed by atoms with E-state index in [1.165, 1.54) is 37.7 Å². The first-order valence-electron chi connectivity index (χ1n) is 5.91. The fourth-order valence-corrected chi connectivity index (χ4v) is 2.66. The predicted octanol–water partition coefficient (Wildman–Crippen LogP) is 4.37. The predicted molar refractivity (Wildman–Crippen MR) is 61.4 cm³/mol. The molecule has 0 saturated heterocycles. The number of rotatable bonds is 3. The first kappa shape index (κ1) is 9.76. The normalized spacial score (nSPS) is 19.8. The van der Waals surface area contributed by atoms with Crippen molar-refractivity contribution in [2.45, 2.75) is 44.9 Å². The van der Waals surface area contributed by atoms with Gasteiger partial charge in [-0.05, 0) is 23.8 Å². The Kier molecular flexibility index (Phi) is 3.23. The van der Waals surface area contributed by atoms with Crippen molar-refractivity contribution < 1.29 is 0 Å². The zero-order chi connectivity index (χ0) is 9.80. The van der Waals surface area contributed by atoms with Crippen molar-refractivity contribution in [3.63, 3.8) is 0 Å². The lowest BCUT2D eigenvalue weighted by Crippen LogP contribution is -2.01. The molecule has 0 amide bonds. The van der Waals surface area contributed by atoms with Crippen molar-refractivity contribution in [3.05, 3.63) is 35.9 Å². The molecule has 0 heteroatoms. The molecule has 1 aromatic carbocycles. The van der Waals surface area contributed by atoms with E-state index in [0.29, 0.717) is 0 Å². The largest absolute Gasteiger partial charge is 0.0622 e. The van der Waals surface area contributed by atoms with E-state index in [0.717, 1.165) is 11.8 Å². The maximum absolute atomic E-state index is 2.37. The molecule has 1 saturated carbocycles. The van der Waals surface area contributed by atoms with Crippen LogP contribution in [-0.4, -0.2) is 0 Å². The van der Waals surface area contributed by atoms with E-state index >= 15 is 0 Å². The fourth-order valence-electron chi connectivity index (χ4n) is 2.66. The average Bonchev–Trinajstić information content (AvgIpc) is 2.72. The van der Waals surface area contributed by atoms with Gasteiger partial charge in [0.25, 0.3) is 0 Å². The van der Waals surface area contributed by atoms with E-state index in [2.05, 4.69) is 37.3 Å². The van der Waals surface area contributed by atoms with Crippen LogP contribution in [-0.2, 0) is 0 Å². The number of hydrogen-bond donors (Lipinski definition) is 0. The van der Waals surface area contributed by atoms with Gasteiger partial charge < -0.3 is 0 Å². The Bertz CT molecular complexity index is 257. The van der Waals surface area contributed by atoms with Gasteiger partial charge in [0.05, 0.1) is 0 Å². The minimum absolute atomic E-state index is 0.749. The molecular formula is C14H20. The molecule has 0 spiro atoms. The number of hydrogen-bond acceptors (Lipinski definition) is 0. The summed E-state index contributed by atoms with van der Waals surface area (Å²) in [7, 11) is 0. The Balaban J connectivity index is 1.92. The third kappa shape index (κ3) is 2.37. The van der Waals surface area contributed by atoms with Gasteiger partial charge in [-0.25, -0.2) is 0 Å². The van der Waals surface area contributed by atoms with Crippen molar-refractivity contribution >= 4 is 0 Å². The SMILES string of the molecule is CC(CC1CCCC1)c1ccccc1. The third-order valence-corrected chi connectivity index (χ3v) is 3.53. The molecule has 0 heterocycles. The summed E-state index contributed by atoms with van der Waals surface area (Å²) in [6.45, 7) is 2.37. The van der Waals surface area contributed by atoms with Gasteiger partial charge in [-0.3, -0.25) is 0 Å². The zero-order valence-corrected chi connectivity index (χ0v) is 9.08. The van der Waals surface area contributed by atoms with Crippen LogP contribution in [0.5, 0.6) is 0 Å². The van der Waals surface area contributed by atoms with Gasteiger partial charge in [0.1, 0.15) is 0 Å². The van der Waals surface area contributed by atoms with Crippen molar-refractivity contribution in [3.8, 4) is 0 Å². The van der Waals surface area contributed by atoms with Crippen LogP contribution < -0.4 is 0 Å². The van der Waals surface area contributed by atoms with E-state index in [-0.39, 0.29) is 0 Å². The van der Waals surface area contributed by atoms with Gasteiger partial charge in [0.2, 0.25) is 0 Å². The van der Waals surface area contributed by atoms with Gasteiger partial charge in [0, 0.05) is 0 Å². The summed E-state index contributed by atoms with van der Waals surface area (Å²) in [4.78, 5) is 0. The van der Waals surface area contributed by atoms with Gasteiger partial charge in [-0.2, -0.15) is 0 Å². The molecule has 1 aliphatic rings. The first-order valence-corrected chi connectivity index (χ1v) is 5.91. The smallest absolute Gasteiger partial charge is 0.0188 e. The highest BCUT2D eigenvalue weighted by atomic mass is 14.2. The Hall–Kier alpha value is -0.780. The van der Waals surface area contributed by atoms with Crippen LogP contribution in [0.2, 0.25) is 0 Å². The highest BCUT2D eigenvalue weighted by molar-refractivity contribution is 5.18. The molecule has 1 unspecified atom stereocenters. The van der Waals surface area contributed by atoms with Crippen LogP contribution in [0.15, 0.2) is 30.3 Å². The summed E-state index contributed by atoms with van der Waals surface area (Å²) in [5.41, 5.74) is 1.51. The molecule has 1 atom stereocenters. The van der Waals surface area contributed by atoms with Crippen molar-refractivity contribution in [2.75, 3.05) is 0 Å².